The maximum absolute atomic E-state index is 5.58. The Bertz CT molecular complexity index is 446. The summed E-state index contributed by atoms with van der Waals surface area (Å²) in [6, 6.07) is 2.08. The Morgan fingerprint density at radius 1 is 1.60 bits per heavy atom. The molecule has 0 saturated carbocycles. The molecule has 0 amide bonds. The number of hydrazine groups is 1. The first-order valence-corrected chi connectivity index (χ1v) is 5.58. The van der Waals surface area contributed by atoms with Crippen LogP contribution in [0.15, 0.2) is 24.0 Å². The third-order valence-corrected chi connectivity index (χ3v) is 3.43. The highest BCUT2D eigenvalue weighted by Crippen LogP contribution is 2.27. The van der Waals surface area contributed by atoms with Crippen molar-refractivity contribution in [2.45, 2.75) is 13.0 Å². The van der Waals surface area contributed by atoms with E-state index in [1.807, 2.05) is 17.8 Å². The van der Waals surface area contributed by atoms with Gasteiger partial charge in [-0.05, 0) is 23.9 Å². The summed E-state index contributed by atoms with van der Waals surface area (Å²) < 4.78 is 1.92. The van der Waals surface area contributed by atoms with Gasteiger partial charge in [0.05, 0.1) is 18.1 Å². The molecule has 0 saturated heterocycles. The molecular weight excluding hydrogens is 208 g/mol. The smallest absolute Gasteiger partial charge is 0.0991 e. The Morgan fingerprint density at radius 2 is 2.40 bits per heavy atom. The van der Waals surface area contributed by atoms with Gasteiger partial charge in [-0.15, -0.1) is 11.3 Å². The third-order valence-electron chi connectivity index (χ3n) is 2.35. The second-order valence-electron chi connectivity index (χ2n) is 3.53. The quantitative estimate of drug-likeness (QED) is 0.608. The molecule has 0 aliphatic carbocycles. The van der Waals surface area contributed by atoms with Crippen LogP contribution in [0.1, 0.15) is 22.2 Å². The zero-order chi connectivity index (χ0) is 10.8. The fourth-order valence-electron chi connectivity index (χ4n) is 1.56. The van der Waals surface area contributed by atoms with Crippen LogP contribution in [0.4, 0.5) is 0 Å². The van der Waals surface area contributed by atoms with Crippen LogP contribution in [-0.2, 0) is 7.05 Å². The minimum absolute atomic E-state index is 0.00815. The van der Waals surface area contributed by atoms with Crippen molar-refractivity contribution in [3.63, 3.8) is 0 Å². The number of nitrogens with two attached hydrogens (primary N) is 1. The lowest BCUT2D eigenvalue weighted by Crippen LogP contribution is -2.28. The minimum Gasteiger partial charge on any atom is -0.340 e. The standard InChI is InChI=1S/C10H14N4S/c1-7-3-4-15-10(7)9(13-11)8-5-14(2)6-12-8/h3-6,9,13H,11H2,1-2H3. The molecule has 2 rings (SSSR count). The van der Waals surface area contributed by atoms with Crippen molar-refractivity contribution in [1.82, 2.24) is 15.0 Å². The Kier molecular flexibility index (Phi) is 2.86. The van der Waals surface area contributed by atoms with E-state index in [0.717, 1.165) is 5.69 Å². The summed E-state index contributed by atoms with van der Waals surface area (Å²) in [4.78, 5) is 5.53. The molecule has 2 heterocycles. The van der Waals surface area contributed by atoms with Gasteiger partial charge in [-0.1, -0.05) is 0 Å². The molecule has 1 unspecified atom stereocenters. The second kappa shape index (κ2) is 4.14. The number of nitrogens with one attached hydrogen (secondary N) is 1. The molecule has 1 atom stereocenters. The van der Waals surface area contributed by atoms with E-state index >= 15 is 0 Å². The molecule has 3 N–H and O–H groups in total. The number of imidazole rings is 1. The van der Waals surface area contributed by atoms with E-state index in [1.165, 1.54) is 10.4 Å². The van der Waals surface area contributed by atoms with Crippen molar-refractivity contribution in [3.05, 3.63) is 40.1 Å². The molecule has 0 fully saturated rings. The minimum atomic E-state index is -0.00815. The molecule has 0 bridgehead atoms. The van der Waals surface area contributed by atoms with Gasteiger partial charge in [-0.2, -0.15) is 0 Å². The summed E-state index contributed by atoms with van der Waals surface area (Å²) in [6.07, 6.45) is 3.76. The van der Waals surface area contributed by atoms with E-state index in [9.17, 15) is 0 Å². The third kappa shape index (κ3) is 1.94. The summed E-state index contributed by atoms with van der Waals surface area (Å²) in [6.45, 7) is 2.08. The molecule has 0 aliphatic heterocycles. The van der Waals surface area contributed by atoms with Gasteiger partial charge in [0.1, 0.15) is 0 Å². The largest absolute Gasteiger partial charge is 0.340 e. The zero-order valence-electron chi connectivity index (χ0n) is 8.77. The van der Waals surface area contributed by atoms with Crippen LogP contribution in [0.3, 0.4) is 0 Å². The fraction of sp³-hybridized carbons (Fsp3) is 0.300. The van der Waals surface area contributed by atoms with Gasteiger partial charge in [0.15, 0.2) is 0 Å². The van der Waals surface area contributed by atoms with Gasteiger partial charge in [0.25, 0.3) is 0 Å². The van der Waals surface area contributed by atoms with Crippen LogP contribution in [0, 0.1) is 6.92 Å². The van der Waals surface area contributed by atoms with Crippen molar-refractivity contribution < 1.29 is 0 Å². The molecular formula is C10H14N4S. The topological polar surface area (TPSA) is 55.9 Å². The molecule has 4 nitrogen and oxygen atoms in total. The monoisotopic (exact) mass is 222 g/mol. The Morgan fingerprint density at radius 3 is 2.87 bits per heavy atom. The highest BCUT2D eigenvalue weighted by Gasteiger charge is 2.17. The van der Waals surface area contributed by atoms with Crippen LogP contribution in [0.2, 0.25) is 0 Å². The van der Waals surface area contributed by atoms with Gasteiger partial charge in [-0.25, -0.2) is 10.4 Å². The summed E-state index contributed by atoms with van der Waals surface area (Å²) in [5.41, 5.74) is 5.00. The van der Waals surface area contributed by atoms with Crippen molar-refractivity contribution in [1.29, 1.82) is 0 Å². The van der Waals surface area contributed by atoms with Crippen molar-refractivity contribution >= 4 is 11.3 Å². The highest BCUT2D eigenvalue weighted by molar-refractivity contribution is 7.10. The SMILES string of the molecule is Cc1ccsc1C(NN)c1cn(C)cn1. The Labute approximate surface area is 92.7 Å². The van der Waals surface area contributed by atoms with Crippen molar-refractivity contribution in [3.8, 4) is 0 Å². The summed E-state index contributed by atoms with van der Waals surface area (Å²) >= 11 is 1.69. The van der Waals surface area contributed by atoms with E-state index in [1.54, 1.807) is 17.7 Å². The first kappa shape index (κ1) is 10.4. The maximum Gasteiger partial charge on any atom is 0.0991 e. The van der Waals surface area contributed by atoms with E-state index in [2.05, 4.69) is 28.8 Å². The van der Waals surface area contributed by atoms with Crippen LogP contribution in [0.5, 0.6) is 0 Å². The average Bonchev–Trinajstić information content (AvgIpc) is 2.79. The number of hydrogen-bond donors (Lipinski definition) is 2. The van der Waals surface area contributed by atoms with Crippen LogP contribution >= 0.6 is 11.3 Å². The predicted octanol–water partition coefficient (Wildman–Crippen LogP) is 1.34. The Balaban J connectivity index is 2.36. The van der Waals surface area contributed by atoms with Crippen LogP contribution in [0.25, 0.3) is 0 Å². The number of nitrogens with zero attached hydrogens (tertiary/aromatic N) is 2. The van der Waals surface area contributed by atoms with E-state index in [4.69, 9.17) is 5.84 Å². The van der Waals surface area contributed by atoms with Gasteiger partial charge in [0, 0.05) is 18.1 Å². The van der Waals surface area contributed by atoms with Crippen molar-refractivity contribution in [2.24, 2.45) is 12.9 Å². The van der Waals surface area contributed by atoms with Gasteiger partial charge in [0.2, 0.25) is 0 Å². The van der Waals surface area contributed by atoms with E-state index in [0.29, 0.717) is 0 Å². The maximum atomic E-state index is 5.58. The lowest BCUT2D eigenvalue weighted by Gasteiger charge is -2.12. The molecule has 15 heavy (non-hydrogen) atoms. The summed E-state index contributed by atoms with van der Waals surface area (Å²) in [5, 5.41) is 2.07. The Hall–Kier alpha value is -1.17. The molecule has 2 aromatic rings. The highest BCUT2D eigenvalue weighted by atomic mass is 32.1. The van der Waals surface area contributed by atoms with Gasteiger partial charge < -0.3 is 4.57 Å². The number of thiophene rings is 1. The second-order valence-corrected chi connectivity index (χ2v) is 4.48. The first-order valence-electron chi connectivity index (χ1n) is 4.70. The van der Waals surface area contributed by atoms with Gasteiger partial charge in [-0.3, -0.25) is 5.84 Å². The van der Waals surface area contributed by atoms with Crippen LogP contribution in [-0.4, -0.2) is 9.55 Å². The molecule has 0 radical (unpaired) electrons. The number of hydrogen-bond acceptors (Lipinski definition) is 4. The van der Waals surface area contributed by atoms with Crippen molar-refractivity contribution in [2.75, 3.05) is 0 Å². The average molecular weight is 222 g/mol. The predicted molar refractivity (Wildman–Crippen MR) is 61.4 cm³/mol. The van der Waals surface area contributed by atoms with E-state index < -0.39 is 0 Å². The summed E-state index contributed by atoms with van der Waals surface area (Å²) in [7, 11) is 1.95. The van der Waals surface area contributed by atoms with E-state index in [-0.39, 0.29) is 6.04 Å². The number of aromatic nitrogens is 2. The number of rotatable bonds is 3. The lowest BCUT2D eigenvalue weighted by atomic mass is 10.1. The first-order chi connectivity index (χ1) is 7.22. The molecule has 0 aromatic carbocycles. The molecule has 0 spiro atoms. The number of aryl methyl sites for hydroxylation is 2. The lowest BCUT2D eigenvalue weighted by molar-refractivity contribution is 0.629. The fourth-order valence-corrected chi connectivity index (χ4v) is 2.56. The molecule has 0 aliphatic rings. The molecule has 5 heteroatoms. The molecule has 80 valence electrons. The summed E-state index contributed by atoms with van der Waals surface area (Å²) in [5.74, 6) is 5.58. The molecule has 2 aromatic heterocycles. The van der Waals surface area contributed by atoms with Gasteiger partial charge >= 0.3 is 0 Å². The zero-order valence-corrected chi connectivity index (χ0v) is 9.58. The normalized spacial score (nSPS) is 13.0. The van der Waals surface area contributed by atoms with Crippen LogP contribution < -0.4 is 11.3 Å².